The topological polar surface area (TPSA) is 0 Å². The minimum atomic E-state index is -0.879. The Morgan fingerprint density at radius 1 is 1.21 bits per heavy atom. The molecule has 0 radical (unpaired) electrons. The molecule has 0 unspecified atom stereocenters. The Kier molecular flexibility index (Phi) is 2.63. The second-order valence-corrected chi connectivity index (χ2v) is 11.5. The van der Waals surface area contributed by atoms with Crippen molar-refractivity contribution in [3.05, 3.63) is 11.1 Å². The predicted molar refractivity (Wildman–Crippen MR) is 66.3 cm³/mol. The molecule has 1 fully saturated rings. The summed E-state index contributed by atoms with van der Waals surface area (Å²) >= 11 is 0. The Balaban J connectivity index is 2.12. The fourth-order valence-corrected chi connectivity index (χ4v) is 5.05. The quantitative estimate of drug-likeness (QED) is 0.474. The first-order chi connectivity index (χ1) is 6.53. The van der Waals surface area contributed by atoms with Gasteiger partial charge in [0.2, 0.25) is 0 Å². The molecule has 80 valence electrons. The zero-order valence-corrected chi connectivity index (χ0v) is 11.2. The van der Waals surface area contributed by atoms with Gasteiger partial charge in [0.15, 0.2) is 0 Å². The number of hydrogen-bond donors (Lipinski definition) is 0. The molecular weight excluding hydrogens is 184 g/mol. The van der Waals surface area contributed by atoms with Crippen molar-refractivity contribution >= 4 is 8.07 Å². The van der Waals surface area contributed by atoms with Crippen LogP contribution in [-0.4, -0.2) is 8.07 Å². The molecule has 1 saturated carbocycles. The van der Waals surface area contributed by atoms with Crippen molar-refractivity contribution in [2.45, 2.75) is 58.3 Å². The molecule has 0 aromatic carbocycles. The molecule has 0 amide bonds. The minimum Gasteiger partial charge on any atom is -0.0710 e. The van der Waals surface area contributed by atoms with Gasteiger partial charge in [0, 0.05) is 0 Å². The van der Waals surface area contributed by atoms with Crippen LogP contribution in [0.1, 0.15) is 33.1 Å². The Morgan fingerprint density at radius 3 is 2.36 bits per heavy atom. The molecule has 0 aromatic heterocycles. The van der Waals surface area contributed by atoms with Gasteiger partial charge in [0.1, 0.15) is 0 Å². The van der Waals surface area contributed by atoms with Crippen molar-refractivity contribution in [1.82, 2.24) is 0 Å². The summed E-state index contributed by atoms with van der Waals surface area (Å²) in [6, 6.07) is 2.94. The van der Waals surface area contributed by atoms with Gasteiger partial charge < -0.3 is 0 Å². The highest BCUT2D eigenvalue weighted by Gasteiger charge is 2.38. The maximum absolute atomic E-state index is 2.55. The number of rotatable bonds is 3. The molecule has 1 heteroatoms. The molecule has 0 N–H and O–H groups in total. The van der Waals surface area contributed by atoms with Gasteiger partial charge in [-0.15, -0.1) is 0 Å². The number of fused-ring (bicyclic) bond motifs is 2. The molecule has 2 aliphatic carbocycles. The summed E-state index contributed by atoms with van der Waals surface area (Å²) in [6.07, 6.45) is 4.51. The van der Waals surface area contributed by atoms with Gasteiger partial charge in [-0.1, -0.05) is 37.2 Å². The summed E-state index contributed by atoms with van der Waals surface area (Å²) < 4.78 is 0. The van der Waals surface area contributed by atoms with Crippen LogP contribution >= 0.6 is 0 Å². The lowest BCUT2D eigenvalue weighted by atomic mass is 9.94. The van der Waals surface area contributed by atoms with Crippen molar-refractivity contribution < 1.29 is 0 Å². The van der Waals surface area contributed by atoms with Gasteiger partial charge in [0.25, 0.3) is 0 Å². The van der Waals surface area contributed by atoms with Crippen molar-refractivity contribution in [3.8, 4) is 0 Å². The van der Waals surface area contributed by atoms with E-state index in [4.69, 9.17) is 0 Å². The highest BCUT2D eigenvalue weighted by atomic mass is 28.3. The molecule has 0 saturated heterocycles. The van der Waals surface area contributed by atoms with Gasteiger partial charge in [0.05, 0.1) is 8.07 Å². The van der Waals surface area contributed by atoms with Crippen LogP contribution in [-0.2, 0) is 0 Å². The summed E-state index contributed by atoms with van der Waals surface area (Å²) in [5.74, 6) is 2.01. The lowest BCUT2D eigenvalue weighted by Gasteiger charge is -2.26. The van der Waals surface area contributed by atoms with E-state index >= 15 is 0 Å². The van der Waals surface area contributed by atoms with Gasteiger partial charge in [-0.25, -0.2) is 0 Å². The number of allylic oxidation sites excluding steroid dienone is 2. The van der Waals surface area contributed by atoms with Crippen molar-refractivity contribution in [3.63, 3.8) is 0 Å². The maximum atomic E-state index is 2.55. The van der Waals surface area contributed by atoms with E-state index in [0.717, 1.165) is 11.8 Å². The van der Waals surface area contributed by atoms with Gasteiger partial charge in [-0.2, -0.15) is 0 Å². The predicted octanol–water partition coefficient (Wildman–Crippen LogP) is 4.46. The first kappa shape index (κ1) is 10.5. The Bertz CT molecular complexity index is 262. The first-order valence-electron chi connectivity index (χ1n) is 6.23. The van der Waals surface area contributed by atoms with E-state index in [1.54, 1.807) is 5.57 Å². The zero-order chi connectivity index (χ0) is 10.3. The van der Waals surface area contributed by atoms with Crippen LogP contribution in [0.2, 0.25) is 25.2 Å². The lowest BCUT2D eigenvalue weighted by Crippen LogP contribution is -2.25. The van der Waals surface area contributed by atoms with Crippen LogP contribution in [0.15, 0.2) is 11.1 Å². The second kappa shape index (κ2) is 3.51. The van der Waals surface area contributed by atoms with Crippen molar-refractivity contribution in [1.29, 1.82) is 0 Å². The van der Waals surface area contributed by atoms with E-state index in [0.29, 0.717) is 0 Å². The lowest BCUT2D eigenvalue weighted by molar-refractivity contribution is 0.646. The van der Waals surface area contributed by atoms with Crippen molar-refractivity contribution in [2.75, 3.05) is 0 Å². The molecule has 2 atom stereocenters. The van der Waals surface area contributed by atoms with Crippen LogP contribution in [0, 0.1) is 11.8 Å². The highest BCUT2D eigenvalue weighted by Crippen LogP contribution is 2.50. The van der Waals surface area contributed by atoms with E-state index < -0.39 is 8.07 Å². The number of hydrogen-bond acceptors (Lipinski definition) is 0. The average molecular weight is 208 g/mol. The maximum Gasteiger partial charge on any atom is 0.0511 e. The van der Waals surface area contributed by atoms with Crippen LogP contribution < -0.4 is 0 Å². The molecule has 2 aliphatic rings. The van der Waals surface area contributed by atoms with E-state index in [2.05, 4.69) is 26.9 Å². The first-order valence-corrected chi connectivity index (χ1v) is 9.64. The third kappa shape index (κ3) is 1.71. The monoisotopic (exact) mass is 208 g/mol. The van der Waals surface area contributed by atoms with E-state index in [9.17, 15) is 0 Å². The summed E-state index contributed by atoms with van der Waals surface area (Å²) in [6.45, 7) is 9.91. The third-order valence-corrected chi connectivity index (χ3v) is 7.92. The summed E-state index contributed by atoms with van der Waals surface area (Å²) in [5.41, 5.74) is 3.70. The second-order valence-electron chi connectivity index (χ2n) is 6.11. The standard InChI is InChI=1S/C13H24Si/c1-5-14(3,4)9-13-10(2)11-6-7-12(13)8-11/h11-12H,5-9H2,1-4H3/t11-,12-/m0/s1. The molecule has 2 rings (SSSR count). The largest absolute Gasteiger partial charge is 0.0710 e. The Morgan fingerprint density at radius 2 is 1.86 bits per heavy atom. The summed E-state index contributed by atoms with van der Waals surface area (Å²) in [4.78, 5) is 0. The minimum absolute atomic E-state index is 0.879. The highest BCUT2D eigenvalue weighted by molar-refractivity contribution is 6.77. The van der Waals surface area contributed by atoms with Crippen LogP contribution in [0.3, 0.4) is 0 Å². The summed E-state index contributed by atoms with van der Waals surface area (Å²) in [5, 5.41) is 0. The molecule has 14 heavy (non-hydrogen) atoms. The fraction of sp³-hybridized carbons (Fsp3) is 0.846. The van der Waals surface area contributed by atoms with Gasteiger partial charge >= 0.3 is 0 Å². The van der Waals surface area contributed by atoms with E-state index in [1.165, 1.54) is 31.4 Å². The SMILES string of the molecule is CC[Si](C)(C)CC1=C(C)[C@H]2CC[C@H]1C2. The smallest absolute Gasteiger partial charge is 0.0511 e. The molecule has 0 heterocycles. The Labute approximate surface area is 89.8 Å². The molecule has 0 aromatic rings. The Hall–Kier alpha value is -0.0431. The van der Waals surface area contributed by atoms with E-state index in [-0.39, 0.29) is 0 Å². The van der Waals surface area contributed by atoms with Crippen LogP contribution in [0.4, 0.5) is 0 Å². The van der Waals surface area contributed by atoms with Gasteiger partial charge in [-0.3, -0.25) is 0 Å². The van der Waals surface area contributed by atoms with E-state index in [1.807, 2.05) is 5.57 Å². The molecule has 0 nitrogen and oxygen atoms in total. The van der Waals surface area contributed by atoms with Crippen molar-refractivity contribution in [2.24, 2.45) is 11.8 Å². The molecular formula is C13H24Si. The van der Waals surface area contributed by atoms with Crippen LogP contribution in [0.5, 0.6) is 0 Å². The normalized spacial score (nSPS) is 31.7. The summed E-state index contributed by atoms with van der Waals surface area (Å²) in [7, 11) is -0.879. The zero-order valence-electron chi connectivity index (χ0n) is 10.2. The van der Waals surface area contributed by atoms with Gasteiger partial charge in [-0.05, 0) is 44.1 Å². The third-order valence-electron chi connectivity index (χ3n) is 4.67. The molecule has 0 spiro atoms. The molecule has 2 bridgehead atoms. The average Bonchev–Trinajstić information content (AvgIpc) is 2.70. The fourth-order valence-electron chi connectivity index (χ4n) is 3.20. The van der Waals surface area contributed by atoms with Crippen LogP contribution in [0.25, 0.3) is 0 Å². The molecule has 0 aliphatic heterocycles.